The highest BCUT2D eigenvalue weighted by Gasteiger charge is 2.45. The van der Waals surface area contributed by atoms with Gasteiger partial charge in [-0.15, -0.1) is 22.7 Å². The molecular formula is C53H68N14O6S2. The van der Waals surface area contributed by atoms with Crippen LogP contribution in [0.3, 0.4) is 0 Å². The molecule has 22 heteroatoms. The van der Waals surface area contributed by atoms with Crippen LogP contribution in [0.1, 0.15) is 125 Å². The number of β-amino-alcohol motifs (C(OH)–C–C–N with tert-alkyl or cyclic N) is 1. The second-order valence-electron chi connectivity index (χ2n) is 21.1. The van der Waals surface area contributed by atoms with Gasteiger partial charge in [-0.25, -0.2) is 19.6 Å². The molecule has 398 valence electrons. The van der Waals surface area contributed by atoms with Gasteiger partial charge in [0.05, 0.1) is 58.1 Å². The van der Waals surface area contributed by atoms with Crippen LogP contribution in [0.15, 0.2) is 52.8 Å². The highest BCUT2D eigenvalue weighted by atomic mass is 32.1. The molecule has 1 aromatic carbocycles. The maximum Gasteiger partial charge on any atom is 0.253 e. The van der Waals surface area contributed by atoms with E-state index in [1.165, 1.54) is 20.9 Å². The second-order valence-corrected chi connectivity index (χ2v) is 23.1. The Hall–Kier alpha value is -6.38. The normalized spacial score (nSPS) is 21.4. The van der Waals surface area contributed by atoms with E-state index in [2.05, 4.69) is 53.5 Å². The van der Waals surface area contributed by atoms with Crippen LogP contribution in [0.2, 0.25) is 0 Å². The van der Waals surface area contributed by atoms with Gasteiger partial charge in [-0.1, -0.05) is 67.4 Å². The summed E-state index contributed by atoms with van der Waals surface area (Å²) in [7, 11) is 0. The maximum absolute atomic E-state index is 14.4. The molecule has 0 bridgehead atoms. The summed E-state index contributed by atoms with van der Waals surface area (Å²) in [6.45, 7) is 17.6. The van der Waals surface area contributed by atoms with Crippen molar-refractivity contribution in [3.05, 3.63) is 81.4 Å². The Kier molecular flexibility index (Phi) is 16.3. The minimum absolute atomic E-state index is 0.0175. The number of anilines is 2. The number of hydrogen-bond acceptors (Lipinski definition) is 19. The number of aliphatic hydroxyl groups excluding tert-OH is 2. The van der Waals surface area contributed by atoms with E-state index in [0.29, 0.717) is 46.4 Å². The summed E-state index contributed by atoms with van der Waals surface area (Å²) < 4.78 is 13.4. The van der Waals surface area contributed by atoms with Crippen molar-refractivity contribution in [2.24, 2.45) is 11.8 Å². The zero-order valence-electron chi connectivity index (χ0n) is 43.7. The first-order chi connectivity index (χ1) is 36.0. The molecule has 1 aliphatic carbocycles. The van der Waals surface area contributed by atoms with E-state index in [4.69, 9.17) is 25.0 Å². The molecule has 75 heavy (non-hydrogen) atoms. The maximum atomic E-state index is 14.4. The van der Waals surface area contributed by atoms with Gasteiger partial charge >= 0.3 is 0 Å². The zero-order chi connectivity index (χ0) is 53.1. The number of aromatic nitrogens is 8. The third kappa shape index (κ3) is 11.3. The van der Waals surface area contributed by atoms with E-state index < -0.39 is 41.7 Å². The van der Waals surface area contributed by atoms with Gasteiger partial charge in [0, 0.05) is 48.7 Å². The van der Waals surface area contributed by atoms with Crippen molar-refractivity contribution >= 4 is 45.4 Å². The number of thiophene rings is 1. The number of aliphatic hydroxyl groups is 2. The van der Waals surface area contributed by atoms with E-state index in [-0.39, 0.29) is 36.8 Å². The van der Waals surface area contributed by atoms with Crippen molar-refractivity contribution in [1.82, 2.24) is 55.2 Å². The van der Waals surface area contributed by atoms with Crippen molar-refractivity contribution in [1.29, 1.82) is 5.26 Å². The molecule has 2 saturated heterocycles. The predicted octanol–water partition coefficient (Wildman–Crippen LogP) is 6.50. The SMILES string of the molecule is Cc1ncsc1-c1ccc([C@@H](NC(=O)[C@@H]2C[C@@H](O)CN2C(=O)[C@H](C(C)C)n2cc(OCCCCN3CCCN(c4nccc(-c5noc([C@@]6(C)CCCc7sc(N)c(C#N)c76)n5)n4)[C@@H](C)C3)nn2)[C@H](O)C(C)C)cc1. The number of nitrogens with one attached hydrogen (secondary N) is 1. The number of carbonyl (C=O) groups excluding carboxylic acids is 2. The topological polar surface area (TPSA) is 264 Å². The third-order valence-electron chi connectivity index (χ3n) is 14.9. The van der Waals surface area contributed by atoms with Crippen molar-refractivity contribution in [3.63, 3.8) is 0 Å². The van der Waals surface area contributed by atoms with E-state index in [1.54, 1.807) is 35.3 Å². The van der Waals surface area contributed by atoms with Crippen LogP contribution in [0.5, 0.6) is 5.88 Å². The predicted molar refractivity (Wildman–Crippen MR) is 285 cm³/mol. The minimum atomic E-state index is -0.963. The molecule has 6 aromatic rings. The summed E-state index contributed by atoms with van der Waals surface area (Å²) in [4.78, 5) is 55.7. The van der Waals surface area contributed by atoms with Gasteiger partial charge in [0.2, 0.25) is 29.5 Å². The molecule has 5 aromatic heterocycles. The number of benzene rings is 1. The standard InChI is InChI=1S/C53H68N14O6S2/c1-30(2)44(50(71)66-27-36(68)24-39(66)49(70)59-43(45(69)31(3)4)34-13-15-35(16-14-34)46-33(6)57-29-74-46)67-28-41(61-63-67)72-23-9-8-20-64-21-11-22-65(32(5)26-64)52-56-19-17-38(58-52)48-60-51(73-62-48)53(7)18-10-12-40-42(53)37(25-54)47(55)75-40/h13-17,19,28-32,36,39,43-45,68-69H,8-12,18,20-24,26-27,55H2,1-7H3,(H,59,70)/t32-,36+,39-,43+,44-,45+,53-/m0/s1. The van der Waals surface area contributed by atoms with Crippen molar-refractivity contribution in [2.75, 3.05) is 50.0 Å². The van der Waals surface area contributed by atoms with Crippen LogP contribution in [0, 0.1) is 30.1 Å². The van der Waals surface area contributed by atoms with Crippen LogP contribution < -0.4 is 20.7 Å². The number of hydrogen-bond donors (Lipinski definition) is 4. The molecule has 0 spiro atoms. The molecule has 3 aliphatic rings. The number of thiazole rings is 1. The number of aryl methyl sites for hydroxylation is 2. The van der Waals surface area contributed by atoms with Gasteiger partial charge in [0.15, 0.2) is 0 Å². The number of nitriles is 1. The zero-order valence-corrected chi connectivity index (χ0v) is 45.4. The summed E-state index contributed by atoms with van der Waals surface area (Å²) in [5.41, 5.74) is 12.1. The number of nitrogens with two attached hydrogens (primary N) is 1. The Labute approximate surface area is 445 Å². The molecule has 9 rings (SSSR count). The Balaban J connectivity index is 0.767. The van der Waals surface area contributed by atoms with Gasteiger partial charge in [-0.05, 0) is 101 Å². The highest BCUT2D eigenvalue weighted by Crippen LogP contribution is 2.48. The quantitative estimate of drug-likeness (QED) is 0.0669. The number of amides is 2. The Morgan fingerprint density at radius 1 is 1.07 bits per heavy atom. The van der Waals surface area contributed by atoms with Crippen LogP contribution in [-0.2, 0) is 21.4 Å². The first-order valence-electron chi connectivity index (χ1n) is 26.0. The molecule has 7 heterocycles. The van der Waals surface area contributed by atoms with Gasteiger partial charge in [-0.2, -0.15) is 10.2 Å². The number of ether oxygens (including phenoxy) is 1. The van der Waals surface area contributed by atoms with Gasteiger partial charge in [-0.3, -0.25) is 9.59 Å². The van der Waals surface area contributed by atoms with Crippen LogP contribution in [0.4, 0.5) is 10.9 Å². The molecule has 2 fully saturated rings. The lowest BCUT2D eigenvalue weighted by molar-refractivity contribution is -0.143. The van der Waals surface area contributed by atoms with Crippen LogP contribution in [0.25, 0.3) is 22.0 Å². The number of unbranched alkanes of at least 4 members (excludes halogenated alkanes) is 1. The van der Waals surface area contributed by atoms with E-state index in [9.17, 15) is 25.1 Å². The number of nitrogens with zero attached hydrogens (tertiary/aromatic N) is 12. The van der Waals surface area contributed by atoms with Gasteiger partial charge in [0.1, 0.15) is 28.8 Å². The van der Waals surface area contributed by atoms with Crippen LogP contribution >= 0.6 is 22.7 Å². The van der Waals surface area contributed by atoms with Crippen LogP contribution in [-0.4, -0.2) is 136 Å². The van der Waals surface area contributed by atoms with E-state index >= 15 is 0 Å². The second kappa shape index (κ2) is 22.8. The first kappa shape index (κ1) is 53.4. The Morgan fingerprint density at radius 3 is 2.60 bits per heavy atom. The van der Waals surface area contributed by atoms with Gasteiger partial charge < -0.3 is 45.2 Å². The minimum Gasteiger partial charge on any atom is -0.475 e. The molecular weight excluding hydrogens is 993 g/mol. The Bertz CT molecular complexity index is 2980. The number of carbonyl (C=O) groups is 2. The fraction of sp³-hybridized carbons (Fsp3) is 0.547. The fourth-order valence-corrected chi connectivity index (χ4v) is 12.9. The average Bonchev–Trinajstić information content (AvgIpc) is 4.26. The number of likely N-dealkylation sites (tertiary alicyclic amines) is 1. The summed E-state index contributed by atoms with van der Waals surface area (Å²) in [5, 5.41) is 48.7. The number of fused-ring (bicyclic) bond motifs is 1. The molecule has 5 N–H and O–H groups in total. The van der Waals surface area contributed by atoms with Crippen molar-refractivity contribution in [3.8, 4) is 33.9 Å². The molecule has 0 saturated carbocycles. The number of rotatable bonds is 18. The summed E-state index contributed by atoms with van der Waals surface area (Å²) in [5.74, 6) is 0.487. The highest BCUT2D eigenvalue weighted by molar-refractivity contribution is 7.16. The summed E-state index contributed by atoms with van der Waals surface area (Å²) in [6, 6.07) is 9.42. The van der Waals surface area contributed by atoms with E-state index in [0.717, 1.165) is 96.8 Å². The smallest absolute Gasteiger partial charge is 0.253 e. The lowest BCUT2D eigenvalue weighted by Gasteiger charge is -2.32. The summed E-state index contributed by atoms with van der Waals surface area (Å²) >= 11 is 3.02. The van der Waals surface area contributed by atoms with E-state index in [1.807, 2.05) is 65.8 Å². The lowest BCUT2D eigenvalue weighted by Crippen LogP contribution is -2.51. The molecule has 20 nitrogen and oxygen atoms in total. The van der Waals surface area contributed by atoms with Crippen molar-refractivity contribution in [2.45, 2.75) is 135 Å². The summed E-state index contributed by atoms with van der Waals surface area (Å²) in [6.07, 6.45) is 6.75. The average molecular weight is 1060 g/mol. The largest absolute Gasteiger partial charge is 0.475 e. The molecule has 2 aliphatic heterocycles. The first-order valence-corrected chi connectivity index (χ1v) is 27.7. The van der Waals surface area contributed by atoms with Crippen molar-refractivity contribution < 1.29 is 29.1 Å². The molecule has 0 radical (unpaired) electrons. The molecule has 7 atom stereocenters. The monoisotopic (exact) mass is 1060 g/mol. The third-order valence-corrected chi connectivity index (χ3v) is 17.0. The molecule has 0 unspecified atom stereocenters. The fourth-order valence-electron chi connectivity index (χ4n) is 10.9. The Morgan fingerprint density at radius 2 is 1.87 bits per heavy atom. The number of nitrogen functional groups attached to an aromatic ring is 1. The van der Waals surface area contributed by atoms with Gasteiger partial charge in [0.25, 0.3) is 5.88 Å². The lowest BCUT2D eigenvalue weighted by atomic mass is 9.72. The molecule has 2 amide bonds.